The van der Waals surface area contributed by atoms with Gasteiger partial charge in [0.25, 0.3) is 0 Å². The summed E-state index contributed by atoms with van der Waals surface area (Å²) in [6.07, 6.45) is 22.9. The Morgan fingerprint density at radius 3 is 2.07 bits per heavy atom. The van der Waals surface area contributed by atoms with Crippen LogP contribution in [-0.2, 0) is 6.42 Å². The van der Waals surface area contributed by atoms with Crippen molar-refractivity contribution in [2.75, 3.05) is 0 Å². The number of aryl methyl sites for hydroxylation is 1. The topological polar surface area (TPSA) is 23.8 Å². The predicted octanol–water partition coefficient (Wildman–Crippen LogP) is 8.36. The first-order chi connectivity index (χ1) is 14.3. The van der Waals surface area contributed by atoms with Crippen molar-refractivity contribution in [2.24, 2.45) is 17.8 Å². The predicted molar refractivity (Wildman–Crippen MR) is 124 cm³/mol. The highest BCUT2D eigenvalue weighted by Gasteiger charge is 2.30. The maximum Gasteiger partial charge on any atom is 0.0908 e. The largest absolute Gasteiger partial charge is 0.193 e. The molecular weight excluding hydrogens is 350 g/mol. The van der Waals surface area contributed by atoms with Crippen molar-refractivity contribution in [2.45, 2.75) is 103 Å². The van der Waals surface area contributed by atoms with Crippen LogP contribution in [-0.4, -0.2) is 0 Å². The molecule has 2 saturated carbocycles. The molecule has 0 aliphatic heterocycles. The van der Waals surface area contributed by atoms with Gasteiger partial charge >= 0.3 is 0 Å². The number of hydrogen-bond donors (Lipinski definition) is 0. The molecule has 2 fully saturated rings. The molecule has 0 heterocycles. The van der Waals surface area contributed by atoms with Crippen LogP contribution in [0.15, 0.2) is 36.4 Å². The molecule has 1 aromatic carbocycles. The van der Waals surface area contributed by atoms with E-state index in [1.165, 1.54) is 95.5 Å². The molecule has 0 aromatic heterocycles. The van der Waals surface area contributed by atoms with E-state index in [-0.39, 0.29) is 0 Å². The minimum Gasteiger partial charge on any atom is -0.193 e. The van der Waals surface area contributed by atoms with E-state index in [0.29, 0.717) is 5.92 Å². The van der Waals surface area contributed by atoms with Gasteiger partial charge in [0.1, 0.15) is 0 Å². The third-order valence-electron chi connectivity index (χ3n) is 7.72. The van der Waals surface area contributed by atoms with E-state index in [4.69, 9.17) is 5.26 Å². The van der Waals surface area contributed by atoms with Crippen molar-refractivity contribution < 1.29 is 0 Å². The van der Waals surface area contributed by atoms with Gasteiger partial charge in [-0.15, -0.1) is 0 Å². The van der Waals surface area contributed by atoms with Gasteiger partial charge in [0, 0.05) is 6.08 Å². The van der Waals surface area contributed by atoms with Gasteiger partial charge < -0.3 is 0 Å². The highest BCUT2D eigenvalue weighted by atomic mass is 14.4. The molecule has 1 heteroatoms. The zero-order chi connectivity index (χ0) is 20.3. The average Bonchev–Trinajstić information content (AvgIpc) is 2.78. The van der Waals surface area contributed by atoms with E-state index in [1.54, 1.807) is 11.6 Å². The number of nitrogens with zero attached hydrogens (tertiary/aromatic N) is 1. The van der Waals surface area contributed by atoms with Gasteiger partial charge in [-0.25, -0.2) is 0 Å². The lowest BCUT2D eigenvalue weighted by Crippen LogP contribution is -2.25. The van der Waals surface area contributed by atoms with E-state index >= 15 is 0 Å². The molecule has 29 heavy (non-hydrogen) atoms. The quantitative estimate of drug-likeness (QED) is 0.306. The number of hydrogen-bond acceptors (Lipinski definition) is 1. The number of rotatable bonds is 9. The third-order valence-corrected chi connectivity index (χ3v) is 7.72. The van der Waals surface area contributed by atoms with Gasteiger partial charge in [-0.1, -0.05) is 62.9 Å². The maximum absolute atomic E-state index is 8.72. The molecule has 0 bridgehead atoms. The molecule has 0 N–H and O–H groups in total. The lowest BCUT2D eigenvalue weighted by atomic mass is 9.68. The number of allylic oxidation sites excluding steroid dienone is 2. The van der Waals surface area contributed by atoms with E-state index in [2.05, 4.69) is 43.3 Å². The summed E-state index contributed by atoms with van der Waals surface area (Å²) in [5, 5.41) is 8.72. The van der Waals surface area contributed by atoms with Gasteiger partial charge in [-0.2, -0.15) is 5.26 Å². The Morgan fingerprint density at radius 2 is 1.45 bits per heavy atom. The van der Waals surface area contributed by atoms with Gasteiger partial charge in [-0.3, -0.25) is 0 Å². The molecule has 0 amide bonds. The van der Waals surface area contributed by atoms with Crippen molar-refractivity contribution in [3.8, 4) is 6.07 Å². The van der Waals surface area contributed by atoms with Crippen molar-refractivity contribution in [3.05, 3.63) is 47.5 Å². The molecule has 2 aliphatic rings. The lowest BCUT2D eigenvalue weighted by molar-refractivity contribution is 0.171. The monoisotopic (exact) mass is 391 g/mol. The van der Waals surface area contributed by atoms with Crippen molar-refractivity contribution >= 4 is 0 Å². The zero-order valence-corrected chi connectivity index (χ0v) is 18.6. The lowest BCUT2D eigenvalue weighted by Gasteiger charge is -2.37. The average molecular weight is 392 g/mol. The first-order valence-electron chi connectivity index (χ1n) is 12.4. The van der Waals surface area contributed by atoms with Crippen molar-refractivity contribution in [1.82, 2.24) is 0 Å². The fraction of sp³-hybridized carbons (Fsp3) is 0.679. The van der Waals surface area contributed by atoms with Crippen LogP contribution in [0, 0.1) is 29.1 Å². The van der Waals surface area contributed by atoms with E-state index < -0.39 is 0 Å². The van der Waals surface area contributed by atoms with Crippen LogP contribution in [0.1, 0.15) is 107 Å². The normalized spacial score (nSPS) is 27.7. The van der Waals surface area contributed by atoms with Crippen LogP contribution >= 0.6 is 0 Å². The fourth-order valence-corrected chi connectivity index (χ4v) is 5.80. The van der Waals surface area contributed by atoms with Crippen LogP contribution in [0.5, 0.6) is 0 Å². The molecule has 0 saturated heterocycles. The SMILES string of the molecule is CCCCCCCc1ccc([C@H]2CC[C@H]([C@H]3CC[C@H](C=CC#N)CC3)CC2)cc1. The Bertz CT molecular complexity index is 634. The Balaban J connectivity index is 1.38. The summed E-state index contributed by atoms with van der Waals surface area (Å²) >= 11 is 0. The van der Waals surface area contributed by atoms with Gasteiger partial charge in [-0.05, 0) is 99.0 Å². The zero-order valence-electron chi connectivity index (χ0n) is 18.6. The number of benzene rings is 1. The molecule has 2 aliphatic carbocycles. The van der Waals surface area contributed by atoms with Crippen LogP contribution in [0.4, 0.5) is 0 Å². The maximum atomic E-state index is 8.72. The van der Waals surface area contributed by atoms with E-state index in [1.807, 2.05) is 0 Å². The Morgan fingerprint density at radius 1 is 0.828 bits per heavy atom. The summed E-state index contributed by atoms with van der Waals surface area (Å²) in [6.45, 7) is 2.28. The fourth-order valence-electron chi connectivity index (χ4n) is 5.80. The molecule has 1 aromatic rings. The van der Waals surface area contributed by atoms with Crippen LogP contribution in [0.2, 0.25) is 0 Å². The second-order valence-electron chi connectivity index (χ2n) is 9.68. The van der Waals surface area contributed by atoms with Crippen LogP contribution in [0.25, 0.3) is 0 Å². The van der Waals surface area contributed by atoms with Gasteiger partial charge in [0.05, 0.1) is 6.07 Å². The summed E-state index contributed by atoms with van der Waals surface area (Å²) < 4.78 is 0. The minimum atomic E-state index is 0.660. The van der Waals surface area contributed by atoms with Crippen molar-refractivity contribution in [3.63, 3.8) is 0 Å². The summed E-state index contributed by atoms with van der Waals surface area (Å²) in [6, 6.07) is 11.8. The second-order valence-corrected chi connectivity index (χ2v) is 9.68. The Hall–Kier alpha value is -1.55. The summed E-state index contributed by atoms with van der Waals surface area (Å²) in [5.41, 5.74) is 3.12. The first-order valence-corrected chi connectivity index (χ1v) is 12.4. The number of unbranched alkanes of at least 4 members (excludes halogenated alkanes) is 4. The molecule has 0 spiro atoms. The van der Waals surface area contributed by atoms with E-state index in [9.17, 15) is 0 Å². The minimum absolute atomic E-state index is 0.660. The molecular formula is C28H41N. The summed E-state index contributed by atoms with van der Waals surface area (Å²) in [5.74, 6) is 3.35. The summed E-state index contributed by atoms with van der Waals surface area (Å²) in [7, 11) is 0. The third kappa shape index (κ3) is 7.02. The van der Waals surface area contributed by atoms with Crippen LogP contribution < -0.4 is 0 Å². The number of nitriles is 1. The smallest absolute Gasteiger partial charge is 0.0908 e. The first kappa shape index (κ1) is 22.1. The molecule has 1 nitrogen and oxygen atoms in total. The molecule has 158 valence electrons. The Labute approximate surface area is 179 Å². The highest BCUT2D eigenvalue weighted by Crippen LogP contribution is 2.44. The van der Waals surface area contributed by atoms with Crippen LogP contribution in [0.3, 0.4) is 0 Å². The summed E-state index contributed by atoms with van der Waals surface area (Å²) in [4.78, 5) is 0. The molecule has 0 unspecified atom stereocenters. The van der Waals surface area contributed by atoms with Gasteiger partial charge in [0.2, 0.25) is 0 Å². The van der Waals surface area contributed by atoms with Crippen molar-refractivity contribution in [1.29, 1.82) is 5.26 Å². The molecule has 0 radical (unpaired) electrons. The van der Waals surface area contributed by atoms with E-state index in [0.717, 1.165) is 17.8 Å². The standard InChI is InChI=1S/C28H41N/c1-2-3-4-5-6-8-23-10-14-25(15-11-23)27-18-20-28(21-19-27)26-16-12-24(13-17-26)9-7-22-29/h7,9-11,14-15,24,26-28H,2-6,8,12-13,16-21H2,1H3/t24-,26-,27-,28-. The molecule has 3 rings (SSSR count). The highest BCUT2D eigenvalue weighted by molar-refractivity contribution is 5.26. The molecule has 0 atom stereocenters. The second kappa shape index (κ2) is 12.2. The van der Waals surface area contributed by atoms with Gasteiger partial charge in [0.15, 0.2) is 0 Å². The Kier molecular flexibility index (Phi) is 9.33.